The zero-order chi connectivity index (χ0) is 13.9. The minimum atomic E-state index is -0.0429. The number of morpholine rings is 2. The molecule has 1 aromatic rings. The maximum atomic E-state index is 12.3. The van der Waals surface area contributed by atoms with E-state index >= 15 is 0 Å². The molecule has 0 aromatic carbocycles. The summed E-state index contributed by atoms with van der Waals surface area (Å²) in [6, 6.07) is 3.44. The van der Waals surface area contributed by atoms with Gasteiger partial charge in [0.1, 0.15) is 0 Å². The molecule has 2 aliphatic rings. The Bertz CT molecular complexity index is 434. The summed E-state index contributed by atoms with van der Waals surface area (Å²) in [7, 11) is 1.71. The lowest BCUT2D eigenvalue weighted by atomic mass is 10.1. The van der Waals surface area contributed by atoms with Crippen molar-refractivity contribution in [2.75, 3.05) is 46.4 Å². The van der Waals surface area contributed by atoms with Crippen LogP contribution in [0, 0.1) is 0 Å². The highest BCUT2D eigenvalue weighted by molar-refractivity contribution is 5.91. The van der Waals surface area contributed by atoms with Crippen LogP contribution >= 0.6 is 0 Å². The van der Waals surface area contributed by atoms with Gasteiger partial charge < -0.3 is 18.8 Å². The average molecular weight is 280 g/mol. The standard InChI is InChI=1S/C14H20N2O4/c1-18-6-4-15-7-11-9-16(10-12(8-15)20-11)14(17)13-3-2-5-19-13/h2-3,5,11-12H,4,6-10H2,1H3/t11-,12+. The molecule has 20 heavy (non-hydrogen) atoms. The second-order valence-electron chi connectivity index (χ2n) is 5.32. The Morgan fingerprint density at radius 2 is 2.10 bits per heavy atom. The van der Waals surface area contributed by atoms with Crippen LogP contribution in [0.1, 0.15) is 10.6 Å². The maximum Gasteiger partial charge on any atom is 0.289 e. The van der Waals surface area contributed by atoms with Gasteiger partial charge in [-0.15, -0.1) is 0 Å². The van der Waals surface area contributed by atoms with Gasteiger partial charge in [-0.25, -0.2) is 0 Å². The van der Waals surface area contributed by atoms with Gasteiger partial charge in [-0.05, 0) is 12.1 Å². The molecule has 3 heterocycles. The topological polar surface area (TPSA) is 55.2 Å². The van der Waals surface area contributed by atoms with Gasteiger partial charge in [0.2, 0.25) is 0 Å². The van der Waals surface area contributed by atoms with Crippen molar-refractivity contribution in [2.24, 2.45) is 0 Å². The predicted molar refractivity (Wildman–Crippen MR) is 71.6 cm³/mol. The number of carbonyl (C=O) groups is 1. The molecule has 3 rings (SSSR count). The van der Waals surface area contributed by atoms with E-state index in [1.54, 1.807) is 19.2 Å². The summed E-state index contributed by atoms with van der Waals surface area (Å²) in [6.07, 6.45) is 1.69. The molecule has 1 amide bonds. The number of carbonyl (C=O) groups excluding carboxylic acids is 1. The van der Waals surface area contributed by atoms with Crippen molar-refractivity contribution in [1.29, 1.82) is 0 Å². The van der Waals surface area contributed by atoms with Gasteiger partial charge in [0, 0.05) is 39.8 Å². The molecule has 2 fully saturated rings. The highest BCUT2D eigenvalue weighted by atomic mass is 16.5. The number of methoxy groups -OCH3 is 1. The lowest BCUT2D eigenvalue weighted by molar-refractivity contribution is -0.132. The summed E-state index contributed by atoms with van der Waals surface area (Å²) in [6.45, 7) is 4.59. The third-order valence-corrected chi connectivity index (χ3v) is 3.79. The largest absolute Gasteiger partial charge is 0.459 e. The maximum absolute atomic E-state index is 12.3. The van der Waals surface area contributed by atoms with Crippen molar-refractivity contribution in [3.05, 3.63) is 24.2 Å². The Kier molecular flexibility index (Phi) is 4.05. The second kappa shape index (κ2) is 5.95. The molecule has 0 unspecified atom stereocenters. The molecule has 0 spiro atoms. The first-order valence-corrected chi connectivity index (χ1v) is 6.96. The van der Waals surface area contributed by atoms with Gasteiger partial charge in [0.25, 0.3) is 5.91 Å². The van der Waals surface area contributed by atoms with Crippen molar-refractivity contribution in [2.45, 2.75) is 12.2 Å². The minimum Gasteiger partial charge on any atom is -0.459 e. The van der Waals surface area contributed by atoms with Crippen molar-refractivity contribution in [3.63, 3.8) is 0 Å². The summed E-state index contributed by atoms with van der Waals surface area (Å²) in [5, 5.41) is 0. The van der Waals surface area contributed by atoms with Crippen molar-refractivity contribution in [3.8, 4) is 0 Å². The Hall–Kier alpha value is -1.37. The number of nitrogens with zero attached hydrogens (tertiary/aromatic N) is 2. The number of ether oxygens (including phenoxy) is 2. The summed E-state index contributed by atoms with van der Waals surface area (Å²) >= 11 is 0. The van der Waals surface area contributed by atoms with E-state index in [4.69, 9.17) is 13.9 Å². The van der Waals surface area contributed by atoms with Crippen LogP contribution in [0.25, 0.3) is 0 Å². The Labute approximate surface area is 118 Å². The number of fused-ring (bicyclic) bond motifs is 2. The van der Waals surface area contributed by atoms with E-state index in [0.717, 1.165) is 26.2 Å². The average Bonchev–Trinajstić information content (AvgIpc) is 2.97. The number of furan rings is 1. The SMILES string of the molecule is COCCN1C[C@@H]2CN(C(=O)c3ccco3)C[C@H](C1)O2. The van der Waals surface area contributed by atoms with Crippen LogP contribution in [0.5, 0.6) is 0 Å². The normalized spacial score (nSPS) is 26.8. The molecule has 2 bridgehead atoms. The molecular weight excluding hydrogens is 260 g/mol. The van der Waals surface area contributed by atoms with Gasteiger partial charge in [0.05, 0.1) is 25.1 Å². The van der Waals surface area contributed by atoms with E-state index in [0.29, 0.717) is 18.8 Å². The molecule has 2 aliphatic heterocycles. The fourth-order valence-corrected chi connectivity index (χ4v) is 2.90. The first-order chi connectivity index (χ1) is 9.76. The van der Waals surface area contributed by atoms with Gasteiger partial charge in [-0.3, -0.25) is 9.69 Å². The summed E-state index contributed by atoms with van der Waals surface area (Å²) in [5.74, 6) is 0.361. The van der Waals surface area contributed by atoms with E-state index in [1.807, 2.05) is 4.90 Å². The molecule has 0 saturated carbocycles. The zero-order valence-electron chi connectivity index (χ0n) is 11.7. The quantitative estimate of drug-likeness (QED) is 0.801. The Morgan fingerprint density at radius 1 is 1.35 bits per heavy atom. The van der Waals surface area contributed by atoms with Gasteiger partial charge in [-0.2, -0.15) is 0 Å². The van der Waals surface area contributed by atoms with Gasteiger partial charge in [0.15, 0.2) is 5.76 Å². The monoisotopic (exact) mass is 280 g/mol. The van der Waals surface area contributed by atoms with Crippen molar-refractivity contribution in [1.82, 2.24) is 9.80 Å². The molecule has 2 atom stereocenters. The molecule has 110 valence electrons. The third kappa shape index (κ3) is 2.87. The predicted octanol–water partition coefficient (Wildman–Crippen LogP) is 0.451. The van der Waals surface area contributed by atoms with Gasteiger partial charge >= 0.3 is 0 Å². The summed E-state index contributed by atoms with van der Waals surface area (Å²) in [4.78, 5) is 16.5. The fourth-order valence-electron chi connectivity index (χ4n) is 2.90. The van der Waals surface area contributed by atoms with E-state index < -0.39 is 0 Å². The first kappa shape index (κ1) is 13.6. The van der Waals surface area contributed by atoms with Crippen LogP contribution in [0.2, 0.25) is 0 Å². The first-order valence-electron chi connectivity index (χ1n) is 6.96. The lowest BCUT2D eigenvalue weighted by Gasteiger charge is -2.45. The fraction of sp³-hybridized carbons (Fsp3) is 0.643. The Balaban J connectivity index is 1.60. The smallest absolute Gasteiger partial charge is 0.289 e. The van der Waals surface area contributed by atoms with Crippen LogP contribution < -0.4 is 0 Å². The molecule has 0 radical (unpaired) electrons. The molecule has 6 heteroatoms. The summed E-state index contributed by atoms with van der Waals surface area (Å²) in [5.41, 5.74) is 0. The van der Waals surface area contributed by atoms with Crippen molar-refractivity contribution >= 4 is 5.91 Å². The lowest BCUT2D eigenvalue weighted by Crippen LogP contribution is -2.60. The molecule has 0 N–H and O–H groups in total. The third-order valence-electron chi connectivity index (χ3n) is 3.79. The number of amides is 1. The van der Waals surface area contributed by atoms with E-state index in [2.05, 4.69) is 4.90 Å². The number of hydrogen-bond donors (Lipinski definition) is 0. The molecule has 6 nitrogen and oxygen atoms in total. The molecule has 1 aromatic heterocycles. The molecule has 2 saturated heterocycles. The summed E-state index contributed by atoms with van der Waals surface area (Å²) < 4.78 is 16.2. The Morgan fingerprint density at radius 3 is 2.70 bits per heavy atom. The second-order valence-corrected chi connectivity index (χ2v) is 5.32. The van der Waals surface area contributed by atoms with Crippen LogP contribution in [0.15, 0.2) is 22.8 Å². The highest BCUT2D eigenvalue weighted by Gasteiger charge is 2.37. The molecular formula is C14H20N2O4. The van der Waals surface area contributed by atoms with Crippen LogP contribution in [-0.4, -0.2) is 74.4 Å². The highest BCUT2D eigenvalue weighted by Crippen LogP contribution is 2.20. The number of hydrogen-bond acceptors (Lipinski definition) is 5. The van der Waals surface area contributed by atoms with Gasteiger partial charge in [-0.1, -0.05) is 0 Å². The van der Waals surface area contributed by atoms with E-state index in [-0.39, 0.29) is 18.1 Å². The number of rotatable bonds is 4. The van der Waals surface area contributed by atoms with Crippen molar-refractivity contribution < 1.29 is 18.7 Å². The van der Waals surface area contributed by atoms with E-state index in [9.17, 15) is 4.79 Å². The zero-order valence-corrected chi connectivity index (χ0v) is 11.7. The molecule has 0 aliphatic carbocycles. The van der Waals surface area contributed by atoms with Crippen LogP contribution in [-0.2, 0) is 9.47 Å². The minimum absolute atomic E-state index is 0.0429. The van der Waals surface area contributed by atoms with Crippen LogP contribution in [0.4, 0.5) is 0 Å². The van der Waals surface area contributed by atoms with E-state index in [1.165, 1.54) is 6.26 Å². The van der Waals surface area contributed by atoms with Crippen LogP contribution in [0.3, 0.4) is 0 Å².